The summed E-state index contributed by atoms with van der Waals surface area (Å²) in [5.41, 5.74) is 2.33. The fourth-order valence-electron chi connectivity index (χ4n) is 6.35. The molecule has 48 heavy (non-hydrogen) atoms. The van der Waals surface area contributed by atoms with E-state index in [9.17, 15) is 22.5 Å². The third-order valence-corrected chi connectivity index (χ3v) is 10.7. The SMILES string of the molecule is CCOP(=O)(Cc1ccc(Nc2ncc(C(F)(F)F)c(Nc3ccc(N4CCN5CCOCC5C4)c4c3C(=O)N(C)C4)n2)cc1)OCC. The number of rotatable bonds is 11. The van der Waals surface area contributed by atoms with Crippen LogP contribution in [0.1, 0.15) is 40.9 Å². The summed E-state index contributed by atoms with van der Waals surface area (Å²) in [5, 5.41) is 5.76. The van der Waals surface area contributed by atoms with Crippen LogP contribution in [0.2, 0.25) is 0 Å². The summed E-state index contributed by atoms with van der Waals surface area (Å²) in [7, 11) is -1.64. The van der Waals surface area contributed by atoms with Gasteiger partial charge in [0.1, 0.15) is 11.4 Å². The summed E-state index contributed by atoms with van der Waals surface area (Å²) in [5.74, 6) is -0.860. The second-order valence-corrected chi connectivity index (χ2v) is 13.9. The number of benzene rings is 2. The lowest BCUT2D eigenvalue weighted by Crippen LogP contribution is -2.58. The van der Waals surface area contributed by atoms with E-state index in [0.29, 0.717) is 42.8 Å². The van der Waals surface area contributed by atoms with E-state index in [1.54, 1.807) is 56.1 Å². The number of anilines is 5. The van der Waals surface area contributed by atoms with Crippen LogP contribution in [-0.4, -0.2) is 91.4 Å². The van der Waals surface area contributed by atoms with E-state index in [-0.39, 0.29) is 43.0 Å². The lowest BCUT2D eigenvalue weighted by atomic mass is 10.0. The molecule has 2 fully saturated rings. The first-order chi connectivity index (χ1) is 23.0. The molecule has 2 saturated heterocycles. The van der Waals surface area contributed by atoms with Gasteiger partial charge >= 0.3 is 13.8 Å². The Balaban J connectivity index is 1.26. The summed E-state index contributed by atoms with van der Waals surface area (Å²) in [6.45, 7) is 8.89. The Morgan fingerprint density at radius 1 is 1.04 bits per heavy atom. The molecule has 16 heteroatoms. The Morgan fingerprint density at radius 3 is 2.50 bits per heavy atom. The van der Waals surface area contributed by atoms with Crippen molar-refractivity contribution in [2.45, 2.75) is 38.8 Å². The van der Waals surface area contributed by atoms with Gasteiger partial charge in [0.25, 0.3) is 5.91 Å². The lowest BCUT2D eigenvalue weighted by Gasteiger charge is -2.45. The molecule has 3 aromatic rings. The molecular formula is C32H39F3N7O5P. The van der Waals surface area contributed by atoms with Crippen LogP contribution in [0.3, 0.4) is 0 Å². The van der Waals surface area contributed by atoms with Crippen molar-refractivity contribution >= 4 is 42.3 Å². The number of amides is 1. The third-order valence-electron chi connectivity index (χ3n) is 8.61. The maximum Gasteiger partial charge on any atom is 0.421 e. The number of piperazine rings is 1. The number of nitrogens with zero attached hydrogens (tertiary/aromatic N) is 5. The zero-order valence-corrected chi connectivity index (χ0v) is 27.9. The molecule has 3 aliphatic heterocycles. The maximum absolute atomic E-state index is 14.2. The van der Waals surface area contributed by atoms with Crippen molar-refractivity contribution < 1.29 is 36.3 Å². The van der Waals surface area contributed by atoms with Crippen LogP contribution in [0.5, 0.6) is 0 Å². The molecule has 0 saturated carbocycles. The van der Waals surface area contributed by atoms with Crippen molar-refractivity contribution in [3.05, 3.63) is 64.8 Å². The molecule has 1 amide bonds. The number of hydrogen-bond acceptors (Lipinski definition) is 11. The fourth-order valence-corrected chi connectivity index (χ4v) is 8.05. The standard InChI is InChI=1S/C32H39F3N7O5P/c1-4-46-48(44,47-5-2)20-21-6-8-22(9-7-21)37-31-36-16-25(32(33,34)35)29(39-31)38-26-10-11-27(24-18-40(3)30(43)28(24)26)42-13-12-41-14-15-45-19-23(41)17-42/h6-11,16,23H,4-5,12-15,17-20H2,1-3H3,(H2,36,37,38,39). The van der Waals surface area contributed by atoms with Crippen molar-refractivity contribution in [1.29, 1.82) is 0 Å². The minimum Gasteiger partial charge on any atom is -0.378 e. The van der Waals surface area contributed by atoms with Crippen LogP contribution in [0, 0.1) is 0 Å². The van der Waals surface area contributed by atoms with E-state index in [1.807, 2.05) is 6.07 Å². The van der Waals surface area contributed by atoms with Gasteiger partial charge in [0, 0.05) is 62.9 Å². The first kappa shape index (κ1) is 34.1. The summed E-state index contributed by atoms with van der Waals surface area (Å²) in [4.78, 5) is 27.7. The maximum atomic E-state index is 14.2. The summed E-state index contributed by atoms with van der Waals surface area (Å²) < 4.78 is 71.8. The highest BCUT2D eigenvalue weighted by Crippen LogP contribution is 2.51. The van der Waals surface area contributed by atoms with E-state index in [4.69, 9.17) is 13.8 Å². The number of halogens is 3. The number of fused-ring (bicyclic) bond motifs is 2. The number of carbonyl (C=O) groups is 1. The minimum absolute atomic E-state index is 0.0715. The predicted octanol–water partition coefficient (Wildman–Crippen LogP) is 5.86. The molecule has 0 spiro atoms. The molecule has 1 atom stereocenters. The quantitative estimate of drug-likeness (QED) is 0.236. The van der Waals surface area contributed by atoms with E-state index < -0.39 is 25.2 Å². The molecular weight excluding hydrogens is 650 g/mol. The van der Waals surface area contributed by atoms with E-state index in [2.05, 4.69) is 30.4 Å². The zero-order valence-electron chi connectivity index (χ0n) is 27.0. The van der Waals surface area contributed by atoms with Crippen molar-refractivity contribution in [1.82, 2.24) is 19.8 Å². The van der Waals surface area contributed by atoms with Crippen molar-refractivity contribution in [2.75, 3.05) is 75.2 Å². The van der Waals surface area contributed by atoms with Crippen molar-refractivity contribution in [3.63, 3.8) is 0 Å². The topological polar surface area (TPSA) is 121 Å². The molecule has 3 aliphatic rings. The summed E-state index contributed by atoms with van der Waals surface area (Å²) in [6, 6.07) is 10.5. The normalized spacial score (nSPS) is 18.5. The second kappa shape index (κ2) is 14.0. The van der Waals surface area contributed by atoms with E-state index in [1.165, 1.54) is 0 Å². The number of nitrogens with one attached hydrogen (secondary N) is 2. The van der Waals surface area contributed by atoms with Gasteiger partial charge in [-0.3, -0.25) is 14.3 Å². The van der Waals surface area contributed by atoms with Gasteiger partial charge in [-0.15, -0.1) is 0 Å². The third kappa shape index (κ3) is 7.30. The fraction of sp³-hybridized carbons (Fsp3) is 0.469. The highest BCUT2D eigenvalue weighted by Gasteiger charge is 2.38. The molecule has 258 valence electrons. The molecule has 0 aliphatic carbocycles. The van der Waals surface area contributed by atoms with Gasteiger partial charge in [0.05, 0.1) is 49.9 Å². The predicted molar refractivity (Wildman–Crippen MR) is 175 cm³/mol. The first-order valence-electron chi connectivity index (χ1n) is 15.9. The Morgan fingerprint density at radius 2 is 1.79 bits per heavy atom. The van der Waals surface area contributed by atoms with Gasteiger partial charge in [-0.2, -0.15) is 18.2 Å². The second-order valence-electron chi connectivity index (χ2n) is 11.9. The first-order valence-corrected chi connectivity index (χ1v) is 17.6. The molecule has 0 radical (unpaired) electrons. The average Bonchev–Trinajstić information content (AvgIpc) is 3.35. The largest absolute Gasteiger partial charge is 0.421 e. The van der Waals surface area contributed by atoms with Gasteiger partial charge in [-0.25, -0.2) is 4.98 Å². The van der Waals surface area contributed by atoms with Gasteiger partial charge in [0.2, 0.25) is 5.95 Å². The minimum atomic E-state index is -4.76. The Kier molecular flexibility index (Phi) is 9.96. The van der Waals surface area contributed by atoms with Crippen LogP contribution in [0.4, 0.5) is 42.0 Å². The Bertz CT molecular complexity index is 1680. The molecule has 1 aromatic heterocycles. The highest BCUT2D eigenvalue weighted by atomic mass is 31.2. The summed E-state index contributed by atoms with van der Waals surface area (Å²) >= 11 is 0. The van der Waals surface area contributed by atoms with Crippen LogP contribution in [0.25, 0.3) is 0 Å². The van der Waals surface area contributed by atoms with Crippen LogP contribution in [-0.2, 0) is 37.2 Å². The van der Waals surface area contributed by atoms with Crippen LogP contribution in [0.15, 0.2) is 42.6 Å². The van der Waals surface area contributed by atoms with Gasteiger partial charge < -0.3 is 34.2 Å². The van der Waals surface area contributed by atoms with Gasteiger partial charge in [0.15, 0.2) is 0 Å². The number of morpholine rings is 1. The number of alkyl halides is 3. The average molecular weight is 690 g/mol. The van der Waals surface area contributed by atoms with E-state index in [0.717, 1.165) is 37.4 Å². The number of carbonyl (C=O) groups excluding carboxylic acids is 1. The highest BCUT2D eigenvalue weighted by molar-refractivity contribution is 7.53. The van der Waals surface area contributed by atoms with Crippen molar-refractivity contribution in [2.24, 2.45) is 0 Å². The zero-order chi connectivity index (χ0) is 34.1. The molecule has 1 unspecified atom stereocenters. The summed E-state index contributed by atoms with van der Waals surface area (Å²) in [6.07, 6.45) is -3.98. The Hall–Kier alpha value is -3.75. The lowest BCUT2D eigenvalue weighted by molar-refractivity contribution is -0.137. The van der Waals surface area contributed by atoms with Crippen LogP contribution >= 0.6 is 7.60 Å². The molecule has 6 rings (SSSR count). The number of hydrogen-bond donors (Lipinski definition) is 2. The van der Waals surface area contributed by atoms with Crippen molar-refractivity contribution in [3.8, 4) is 0 Å². The molecule has 4 heterocycles. The smallest absolute Gasteiger partial charge is 0.378 e. The molecule has 12 nitrogen and oxygen atoms in total. The molecule has 2 N–H and O–H groups in total. The number of ether oxygens (including phenoxy) is 1. The van der Waals surface area contributed by atoms with E-state index >= 15 is 0 Å². The monoisotopic (exact) mass is 689 g/mol. The van der Waals surface area contributed by atoms with Gasteiger partial charge in [-0.05, 0) is 43.7 Å². The Labute approximate surface area is 277 Å². The molecule has 2 aromatic carbocycles. The van der Waals surface area contributed by atoms with Gasteiger partial charge in [-0.1, -0.05) is 12.1 Å². The molecule has 0 bridgehead atoms. The van der Waals surface area contributed by atoms with Crippen LogP contribution < -0.4 is 15.5 Å². The number of aromatic nitrogens is 2.